The molecule has 0 amide bonds. The highest BCUT2D eigenvalue weighted by atomic mass is 16.5. The van der Waals surface area contributed by atoms with Crippen LogP contribution in [-0.2, 0) is 9.53 Å². The van der Waals surface area contributed by atoms with Crippen LogP contribution in [0.5, 0.6) is 0 Å². The first-order chi connectivity index (χ1) is 8.47. The van der Waals surface area contributed by atoms with Gasteiger partial charge in [-0.2, -0.15) is 0 Å². The maximum atomic E-state index is 11.9. The number of esters is 1. The molecule has 0 aromatic heterocycles. The van der Waals surface area contributed by atoms with Crippen LogP contribution >= 0.6 is 0 Å². The van der Waals surface area contributed by atoms with E-state index in [-0.39, 0.29) is 16.9 Å². The van der Waals surface area contributed by atoms with Crippen molar-refractivity contribution in [3.05, 3.63) is 0 Å². The smallest absolute Gasteiger partial charge is 0.307 e. The van der Waals surface area contributed by atoms with Gasteiger partial charge in [0.15, 0.2) is 0 Å². The zero-order chi connectivity index (χ0) is 13.6. The highest BCUT2D eigenvalue weighted by Crippen LogP contribution is 2.45. The van der Waals surface area contributed by atoms with Crippen LogP contribution in [0.1, 0.15) is 66.2 Å². The lowest BCUT2D eigenvalue weighted by Crippen LogP contribution is -2.59. The number of hydrogen-bond donors (Lipinski definition) is 1. The summed E-state index contributed by atoms with van der Waals surface area (Å²) in [4.78, 5) is 11.9. The molecule has 1 unspecified atom stereocenters. The number of hydrogen-bond acceptors (Lipinski definition) is 3. The zero-order valence-corrected chi connectivity index (χ0v) is 12.5. The largest absolute Gasteiger partial charge is 0.466 e. The first-order valence-electron chi connectivity index (χ1n) is 7.38. The lowest BCUT2D eigenvalue weighted by Gasteiger charge is -2.50. The van der Waals surface area contributed by atoms with Gasteiger partial charge < -0.3 is 10.1 Å². The van der Waals surface area contributed by atoms with E-state index in [0.717, 1.165) is 19.4 Å². The van der Waals surface area contributed by atoms with Gasteiger partial charge in [-0.3, -0.25) is 4.79 Å². The molecule has 0 radical (unpaired) electrons. The summed E-state index contributed by atoms with van der Waals surface area (Å²) >= 11 is 0. The van der Waals surface area contributed by atoms with Gasteiger partial charge in [-0.25, -0.2) is 0 Å². The van der Waals surface area contributed by atoms with Gasteiger partial charge in [0.1, 0.15) is 0 Å². The summed E-state index contributed by atoms with van der Waals surface area (Å²) in [6.45, 7) is 10.1. The van der Waals surface area contributed by atoms with Crippen LogP contribution in [0.25, 0.3) is 0 Å². The number of carbonyl (C=O) groups is 1. The molecule has 1 atom stereocenters. The summed E-state index contributed by atoms with van der Waals surface area (Å²) in [5, 5.41) is 3.66. The van der Waals surface area contributed by atoms with Crippen molar-refractivity contribution in [3.8, 4) is 0 Å². The Morgan fingerprint density at radius 2 is 1.89 bits per heavy atom. The molecule has 3 nitrogen and oxygen atoms in total. The van der Waals surface area contributed by atoms with Crippen LogP contribution < -0.4 is 5.32 Å². The molecular weight excluding hydrogens is 226 g/mol. The van der Waals surface area contributed by atoms with Crippen molar-refractivity contribution < 1.29 is 9.53 Å². The van der Waals surface area contributed by atoms with Crippen molar-refractivity contribution in [2.45, 2.75) is 71.8 Å². The maximum Gasteiger partial charge on any atom is 0.307 e. The minimum atomic E-state index is -0.0759. The third-order valence-electron chi connectivity index (χ3n) is 4.42. The summed E-state index contributed by atoms with van der Waals surface area (Å²) in [5.74, 6) is -0.0592. The van der Waals surface area contributed by atoms with E-state index in [9.17, 15) is 4.79 Å². The van der Waals surface area contributed by atoms with Crippen molar-refractivity contribution in [2.75, 3.05) is 13.2 Å². The Hall–Kier alpha value is -0.570. The Morgan fingerprint density at radius 3 is 2.44 bits per heavy atom. The minimum absolute atomic E-state index is 0.0592. The Kier molecular flexibility index (Phi) is 5.64. The van der Waals surface area contributed by atoms with Crippen molar-refractivity contribution in [1.29, 1.82) is 0 Å². The lowest BCUT2D eigenvalue weighted by molar-refractivity contribution is -0.147. The molecule has 106 valence electrons. The van der Waals surface area contributed by atoms with Crippen molar-refractivity contribution in [2.24, 2.45) is 5.41 Å². The summed E-state index contributed by atoms with van der Waals surface area (Å²) in [5.41, 5.74) is 0.0840. The van der Waals surface area contributed by atoms with Gasteiger partial charge in [-0.05, 0) is 38.1 Å². The van der Waals surface area contributed by atoms with Crippen LogP contribution in [0.15, 0.2) is 0 Å². The standard InChI is InChI=1S/C15H29NO2/c1-5-11-16-15(12-13(17)18-6-2)10-8-7-9-14(15,3)4/h16H,5-12H2,1-4H3. The van der Waals surface area contributed by atoms with Gasteiger partial charge in [0.2, 0.25) is 0 Å². The Labute approximate surface area is 112 Å². The number of rotatable bonds is 6. The first kappa shape index (κ1) is 15.5. The predicted octanol–water partition coefficient (Wildman–Crippen LogP) is 3.28. The minimum Gasteiger partial charge on any atom is -0.466 e. The van der Waals surface area contributed by atoms with Crippen molar-refractivity contribution in [1.82, 2.24) is 5.32 Å². The van der Waals surface area contributed by atoms with Crippen LogP contribution in [-0.4, -0.2) is 24.7 Å². The Morgan fingerprint density at radius 1 is 1.22 bits per heavy atom. The van der Waals surface area contributed by atoms with Crippen LogP contribution in [0.4, 0.5) is 0 Å². The van der Waals surface area contributed by atoms with E-state index >= 15 is 0 Å². The molecule has 1 N–H and O–H groups in total. The molecule has 0 aromatic rings. The molecule has 1 rings (SSSR count). The molecule has 0 saturated heterocycles. The molecule has 1 saturated carbocycles. The van der Waals surface area contributed by atoms with Crippen molar-refractivity contribution in [3.63, 3.8) is 0 Å². The fraction of sp³-hybridized carbons (Fsp3) is 0.933. The summed E-state index contributed by atoms with van der Waals surface area (Å²) < 4.78 is 5.16. The Balaban J connectivity index is 2.82. The van der Waals surface area contributed by atoms with E-state index in [0.29, 0.717) is 13.0 Å². The molecule has 0 spiro atoms. The van der Waals surface area contributed by atoms with Crippen LogP contribution in [0.3, 0.4) is 0 Å². The molecule has 1 aliphatic carbocycles. The molecular formula is C15H29NO2. The first-order valence-corrected chi connectivity index (χ1v) is 7.38. The second-order valence-corrected chi connectivity index (χ2v) is 6.08. The monoisotopic (exact) mass is 255 g/mol. The number of ether oxygens (including phenoxy) is 1. The summed E-state index contributed by atoms with van der Waals surface area (Å²) in [6, 6.07) is 0. The Bertz CT molecular complexity index is 276. The lowest BCUT2D eigenvalue weighted by atomic mass is 9.61. The van der Waals surface area contributed by atoms with Gasteiger partial charge in [-0.1, -0.05) is 33.6 Å². The molecule has 0 bridgehead atoms. The molecule has 0 aromatic carbocycles. The normalized spacial score (nSPS) is 26.9. The molecule has 0 aliphatic heterocycles. The average Bonchev–Trinajstić information content (AvgIpc) is 2.30. The van der Waals surface area contributed by atoms with Gasteiger partial charge in [0.05, 0.1) is 13.0 Å². The quantitative estimate of drug-likeness (QED) is 0.740. The van der Waals surface area contributed by atoms with E-state index in [4.69, 9.17) is 4.74 Å². The molecule has 3 heteroatoms. The SMILES string of the molecule is CCCNC1(CC(=O)OCC)CCCCC1(C)C. The van der Waals surface area contributed by atoms with E-state index < -0.39 is 0 Å². The molecule has 1 fully saturated rings. The zero-order valence-electron chi connectivity index (χ0n) is 12.5. The predicted molar refractivity (Wildman–Crippen MR) is 74.5 cm³/mol. The fourth-order valence-corrected chi connectivity index (χ4v) is 3.11. The van der Waals surface area contributed by atoms with Crippen molar-refractivity contribution >= 4 is 5.97 Å². The topological polar surface area (TPSA) is 38.3 Å². The summed E-state index contributed by atoms with van der Waals surface area (Å²) in [6.07, 6.45) is 6.35. The highest BCUT2D eigenvalue weighted by Gasteiger charge is 2.47. The van der Waals surface area contributed by atoms with Gasteiger partial charge in [-0.15, -0.1) is 0 Å². The van der Waals surface area contributed by atoms with Gasteiger partial charge in [0, 0.05) is 5.54 Å². The second kappa shape index (κ2) is 6.55. The fourth-order valence-electron chi connectivity index (χ4n) is 3.11. The third-order valence-corrected chi connectivity index (χ3v) is 4.42. The molecule has 1 aliphatic rings. The third kappa shape index (κ3) is 3.47. The van der Waals surface area contributed by atoms with Crippen LogP contribution in [0, 0.1) is 5.41 Å². The van der Waals surface area contributed by atoms with E-state index in [1.54, 1.807) is 0 Å². The summed E-state index contributed by atoms with van der Waals surface area (Å²) in [7, 11) is 0. The number of carbonyl (C=O) groups excluding carboxylic acids is 1. The van der Waals surface area contributed by atoms with E-state index in [1.807, 2.05) is 6.92 Å². The van der Waals surface area contributed by atoms with Gasteiger partial charge >= 0.3 is 5.97 Å². The highest BCUT2D eigenvalue weighted by molar-refractivity contribution is 5.71. The molecule has 0 heterocycles. The maximum absolute atomic E-state index is 11.9. The van der Waals surface area contributed by atoms with E-state index in [2.05, 4.69) is 26.1 Å². The van der Waals surface area contributed by atoms with Gasteiger partial charge in [0.25, 0.3) is 0 Å². The second-order valence-electron chi connectivity index (χ2n) is 6.08. The number of nitrogens with one attached hydrogen (secondary N) is 1. The molecule has 18 heavy (non-hydrogen) atoms. The van der Waals surface area contributed by atoms with Crippen LogP contribution in [0.2, 0.25) is 0 Å². The van der Waals surface area contributed by atoms with E-state index in [1.165, 1.54) is 19.3 Å². The average molecular weight is 255 g/mol.